The molecule has 12 heavy (non-hydrogen) atoms. The van der Waals surface area contributed by atoms with Crippen molar-refractivity contribution < 1.29 is 6.16 Å². The van der Waals surface area contributed by atoms with Gasteiger partial charge in [-0.05, 0) is 26.1 Å². The van der Waals surface area contributed by atoms with Crippen LogP contribution in [0.5, 0.6) is 0 Å². The second-order valence-electron chi connectivity index (χ2n) is 3.16. The highest BCUT2D eigenvalue weighted by atomic mass is 16.5. The maximum Gasteiger partial charge on any atom is 0.0594 e. The summed E-state index contributed by atoms with van der Waals surface area (Å²) in [6.07, 6.45) is 1.26. The first-order valence-electron chi connectivity index (χ1n) is 4.94. The van der Waals surface area contributed by atoms with Crippen LogP contribution in [0.25, 0.3) is 0 Å². The van der Waals surface area contributed by atoms with Crippen LogP contribution in [-0.2, 0) is 4.74 Å². The monoisotopic (exact) mass is 174 g/mol. The Morgan fingerprint density at radius 2 is 2.17 bits per heavy atom. The number of hydrogen-bond donors (Lipinski definition) is 1. The fourth-order valence-electron chi connectivity index (χ4n) is 1.43. The topological polar surface area (TPSA) is 24.5 Å². The molecule has 1 rings (SSSR count). The van der Waals surface area contributed by atoms with Gasteiger partial charge in [-0.2, -0.15) is 0 Å². The lowest BCUT2D eigenvalue weighted by Gasteiger charge is -2.26. The smallest absolute Gasteiger partial charge is 0.0594 e. The van der Waals surface area contributed by atoms with Gasteiger partial charge in [0.15, 0.2) is 0 Å². The summed E-state index contributed by atoms with van der Waals surface area (Å²) in [5.41, 5.74) is 0. The molecule has 1 aliphatic heterocycles. The van der Waals surface area contributed by atoms with E-state index in [1.54, 1.807) is 0 Å². The molecule has 0 spiro atoms. The van der Waals surface area contributed by atoms with Gasteiger partial charge in [0, 0.05) is 14.5 Å². The maximum atomic E-state index is 5.27. The van der Waals surface area contributed by atoms with Crippen LogP contribution in [0.1, 0.15) is 14.8 Å². The summed E-state index contributed by atoms with van der Waals surface area (Å²) in [5, 5.41) is 3.33. The fraction of sp³-hybridized carbons (Fsp3) is 1.00. The van der Waals surface area contributed by atoms with Crippen molar-refractivity contribution in [2.45, 2.75) is 13.3 Å². The third-order valence-electron chi connectivity index (χ3n) is 2.18. The van der Waals surface area contributed by atoms with Crippen LogP contribution in [0.15, 0.2) is 0 Å². The van der Waals surface area contributed by atoms with Crippen molar-refractivity contribution >= 4 is 0 Å². The summed E-state index contributed by atoms with van der Waals surface area (Å²) < 4.78 is 5.27. The third kappa shape index (κ3) is 4.04. The van der Waals surface area contributed by atoms with Crippen molar-refractivity contribution in [3.05, 3.63) is 0 Å². The average Bonchev–Trinajstić information content (AvgIpc) is 2.14. The molecule has 0 aromatic heterocycles. The van der Waals surface area contributed by atoms with Crippen LogP contribution in [0, 0.1) is 0 Å². The lowest BCUT2D eigenvalue weighted by molar-refractivity contribution is 0.0375. The van der Waals surface area contributed by atoms with Gasteiger partial charge in [-0.15, -0.1) is 0 Å². The molecule has 0 amide bonds. The van der Waals surface area contributed by atoms with Crippen LogP contribution in [0.4, 0.5) is 0 Å². The quantitative estimate of drug-likeness (QED) is 0.617. The molecule has 0 aliphatic carbocycles. The Labute approximate surface area is 76.6 Å². The Kier molecular flexibility index (Phi) is 5.32. The van der Waals surface area contributed by atoms with E-state index in [2.05, 4.69) is 17.1 Å². The highest BCUT2D eigenvalue weighted by molar-refractivity contribution is 4.61. The Morgan fingerprint density at radius 3 is 2.83 bits per heavy atom. The Morgan fingerprint density at radius 1 is 1.42 bits per heavy atom. The summed E-state index contributed by atoms with van der Waals surface area (Å²) >= 11 is 0. The van der Waals surface area contributed by atoms with Gasteiger partial charge < -0.3 is 10.1 Å². The summed E-state index contributed by atoms with van der Waals surface area (Å²) in [7, 11) is 0. The zero-order valence-corrected chi connectivity index (χ0v) is 8.01. The number of nitrogens with zero attached hydrogens (tertiary/aromatic N) is 1. The van der Waals surface area contributed by atoms with E-state index in [-0.39, 0.29) is 1.43 Å². The first kappa shape index (κ1) is 9.96. The van der Waals surface area contributed by atoms with Gasteiger partial charge in [0.1, 0.15) is 0 Å². The molecule has 3 heteroatoms. The van der Waals surface area contributed by atoms with Crippen LogP contribution in [0.3, 0.4) is 0 Å². The van der Waals surface area contributed by atoms with Crippen molar-refractivity contribution in [3.63, 3.8) is 0 Å². The minimum atomic E-state index is 0. The van der Waals surface area contributed by atoms with E-state index in [0.29, 0.717) is 0 Å². The molecule has 1 saturated heterocycles. The van der Waals surface area contributed by atoms with E-state index < -0.39 is 0 Å². The highest BCUT2D eigenvalue weighted by Gasteiger charge is 2.08. The second-order valence-corrected chi connectivity index (χ2v) is 3.16. The summed E-state index contributed by atoms with van der Waals surface area (Å²) in [6, 6.07) is 0. The van der Waals surface area contributed by atoms with E-state index in [9.17, 15) is 0 Å². The average molecular weight is 174 g/mol. The molecule has 0 aromatic rings. The van der Waals surface area contributed by atoms with Crippen LogP contribution < -0.4 is 5.32 Å². The normalized spacial score (nSPS) is 19.8. The second kappa shape index (κ2) is 6.40. The zero-order chi connectivity index (χ0) is 8.65. The van der Waals surface area contributed by atoms with Gasteiger partial charge in [0.05, 0.1) is 13.2 Å². The minimum Gasteiger partial charge on any atom is -0.379 e. The third-order valence-corrected chi connectivity index (χ3v) is 2.18. The molecule has 1 heterocycles. The molecule has 0 atom stereocenters. The Balaban J connectivity index is 0.00000144. The van der Waals surface area contributed by atoms with Crippen LogP contribution in [-0.4, -0.2) is 50.8 Å². The van der Waals surface area contributed by atoms with Gasteiger partial charge in [-0.3, -0.25) is 4.90 Å². The van der Waals surface area contributed by atoms with E-state index in [1.807, 2.05) is 0 Å². The summed E-state index contributed by atoms with van der Waals surface area (Å²) in [5.74, 6) is 0. The molecular weight excluding hydrogens is 152 g/mol. The number of rotatable bonds is 5. The van der Waals surface area contributed by atoms with Gasteiger partial charge >= 0.3 is 0 Å². The van der Waals surface area contributed by atoms with Crippen molar-refractivity contribution in [1.29, 1.82) is 0 Å². The van der Waals surface area contributed by atoms with Crippen molar-refractivity contribution in [2.24, 2.45) is 0 Å². The number of nitrogens with one attached hydrogen (secondary N) is 1. The van der Waals surface area contributed by atoms with Crippen LogP contribution >= 0.6 is 0 Å². The fourth-order valence-corrected chi connectivity index (χ4v) is 1.43. The molecular formula is C9H22N2O. The molecule has 3 nitrogen and oxygen atoms in total. The number of ether oxygens (including phenoxy) is 1. The molecule has 0 saturated carbocycles. The van der Waals surface area contributed by atoms with Gasteiger partial charge in [0.25, 0.3) is 0 Å². The Hall–Kier alpha value is -0.120. The zero-order valence-electron chi connectivity index (χ0n) is 8.01. The van der Waals surface area contributed by atoms with E-state index >= 15 is 0 Å². The number of morpholine rings is 1. The largest absolute Gasteiger partial charge is 0.379 e. The summed E-state index contributed by atoms with van der Waals surface area (Å²) in [6.45, 7) is 9.67. The molecule has 0 aromatic carbocycles. The standard InChI is InChI=1S/C9H20N2O.H2/c1-2-10-4-3-5-11-6-8-12-9-7-11;/h10H,2-9H2,1H3;1H. The predicted octanol–water partition coefficient (Wildman–Crippen LogP) is 0.564. The first-order valence-corrected chi connectivity index (χ1v) is 4.94. The Bertz CT molecular complexity index is 108. The van der Waals surface area contributed by atoms with Crippen molar-refractivity contribution in [1.82, 2.24) is 10.2 Å². The molecule has 0 radical (unpaired) electrons. The van der Waals surface area contributed by atoms with Gasteiger partial charge in [0.2, 0.25) is 0 Å². The van der Waals surface area contributed by atoms with Gasteiger partial charge in [-0.25, -0.2) is 0 Å². The highest BCUT2D eigenvalue weighted by Crippen LogP contribution is 1.96. The van der Waals surface area contributed by atoms with E-state index in [1.165, 1.54) is 13.0 Å². The lowest BCUT2D eigenvalue weighted by atomic mass is 10.3. The molecule has 74 valence electrons. The van der Waals surface area contributed by atoms with Crippen molar-refractivity contribution in [3.8, 4) is 0 Å². The van der Waals surface area contributed by atoms with E-state index in [0.717, 1.165) is 39.4 Å². The molecule has 1 fully saturated rings. The molecule has 1 aliphatic rings. The maximum absolute atomic E-state index is 5.27. The summed E-state index contributed by atoms with van der Waals surface area (Å²) in [4.78, 5) is 2.47. The molecule has 0 unspecified atom stereocenters. The lowest BCUT2D eigenvalue weighted by Crippen LogP contribution is -2.37. The van der Waals surface area contributed by atoms with E-state index in [4.69, 9.17) is 4.74 Å². The van der Waals surface area contributed by atoms with Gasteiger partial charge in [-0.1, -0.05) is 6.92 Å². The first-order chi connectivity index (χ1) is 5.93. The molecule has 1 N–H and O–H groups in total. The molecule has 0 bridgehead atoms. The van der Waals surface area contributed by atoms with Crippen LogP contribution in [0.2, 0.25) is 0 Å². The minimum absolute atomic E-state index is 0. The predicted molar refractivity (Wildman–Crippen MR) is 52.5 cm³/mol. The SMILES string of the molecule is CCNCCCN1CCOCC1.[HH]. The van der Waals surface area contributed by atoms with Crippen molar-refractivity contribution in [2.75, 3.05) is 45.9 Å². The number of hydrogen-bond acceptors (Lipinski definition) is 3.